The summed E-state index contributed by atoms with van der Waals surface area (Å²) < 4.78 is 34.8. The van der Waals surface area contributed by atoms with Gasteiger partial charge in [-0.1, -0.05) is 35.9 Å². The summed E-state index contributed by atoms with van der Waals surface area (Å²) in [5.41, 5.74) is 1.43. The van der Waals surface area contributed by atoms with E-state index < -0.39 is 36.0 Å². The molecule has 2 saturated carbocycles. The standard InChI is InChI=1S/C29H37F2N3O4/c1-18-4-2-6-21(14-18)28(17-29(28,30)31)27(37)34-24(26(35)36)11-13-38-23-15-19(16-23)7-9-22-10-8-20-5-3-12-32-25(20)33-22/h2,4,6,8,10,14,19,23-24,26,35-36H,3,5,7,9,11-13,15-17H2,1H3,(H,32,33)(H,34,37). The maximum atomic E-state index is 14.4. The van der Waals surface area contributed by atoms with Gasteiger partial charge in [0.25, 0.3) is 5.92 Å². The molecule has 4 N–H and O–H groups in total. The summed E-state index contributed by atoms with van der Waals surface area (Å²) in [6, 6.07) is 9.72. The number of pyridine rings is 1. The zero-order chi connectivity index (χ0) is 26.9. The number of halogens is 2. The van der Waals surface area contributed by atoms with Crippen LogP contribution in [0.15, 0.2) is 36.4 Å². The number of aliphatic hydroxyl groups is 2. The Hall–Kier alpha value is -2.62. The average molecular weight is 530 g/mol. The second-order valence-electron chi connectivity index (χ2n) is 11.1. The van der Waals surface area contributed by atoms with Crippen molar-refractivity contribution in [2.45, 2.75) is 88.1 Å². The first-order valence-corrected chi connectivity index (χ1v) is 13.6. The van der Waals surface area contributed by atoms with Gasteiger partial charge in [0.15, 0.2) is 6.29 Å². The van der Waals surface area contributed by atoms with Crippen LogP contribution in [0.4, 0.5) is 14.6 Å². The highest BCUT2D eigenvalue weighted by Crippen LogP contribution is 2.61. The van der Waals surface area contributed by atoms with Crippen LogP contribution >= 0.6 is 0 Å². The summed E-state index contributed by atoms with van der Waals surface area (Å²) in [6.07, 6.45) is 3.75. The van der Waals surface area contributed by atoms with Gasteiger partial charge in [0.1, 0.15) is 11.2 Å². The first-order valence-electron chi connectivity index (χ1n) is 13.6. The van der Waals surface area contributed by atoms with Crippen molar-refractivity contribution in [1.29, 1.82) is 0 Å². The van der Waals surface area contributed by atoms with Gasteiger partial charge in [-0.15, -0.1) is 0 Å². The fourth-order valence-corrected chi connectivity index (χ4v) is 5.75. The van der Waals surface area contributed by atoms with Crippen LogP contribution in [0, 0.1) is 12.8 Å². The van der Waals surface area contributed by atoms with E-state index in [1.54, 1.807) is 25.1 Å². The number of rotatable bonds is 11. The van der Waals surface area contributed by atoms with Gasteiger partial charge in [-0.05, 0) is 75.0 Å². The van der Waals surface area contributed by atoms with E-state index in [2.05, 4.69) is 22.8 Å². The Bertz CT molecular complexity index is 1150. The summed E-state index contributed by atoms with van der Waals surface area (Å²) in [4.78, 5) is 17.7. The number of aryl methyl sites for hydroxylation is 3. The van der Waals surface area contributed by atoms with Gasteiger partial charge in [-0.25, -0.2) is 13.8 Å². The largest absolute Gasteiger partial charge is 0.378 e. The maximum absolute atomic E-state index is 14.4. The molecule has 0 radical (unpaired) electrons. The molecule has 38 heavy (non-hydrogen) atoms. The van der Waals surface area contributed by atoms with Crippen molar-refractivity contribution in [3.8, 4) is 0 Å². The van der Waals surface area contributed by atoms with E-state index in [-0.39, 0.29) is 24.7 Å². The van der Waals surface area contributed by atoms with E-state index in [1.807, 2.05) is 0 Å². The average Bonchev–Trinajstić information content (AvgIpc) is 3.47. The molecule has 7 nitrogen and oxygen atoms in total. The molecule has 9 heteroatoms. The zero-order valence-electron chi connectivity index (χ0n) is 21.8. The molecule has 2 unspecified atom stereocenters. The van der Waals surface area contributed by atoms with E-state index in [0.29, 0.717) is 5.92 Å². The lowest BCUT2D eigenvalue weighted by Crippen LogP contribution is -2.49. The van der Waals surface area contributed by atoms with Crippen molar-refractivity contribution >= 4 is 11.7 Å². The van der Waals surface area contributed by atoms with Crippen molar-refractivity contribution in [2.24, 2.45) is 5.92 Å². The SMILES string of the molecule is Cc1cccc(C2(C(=O)NC(CCOC3CC(CCc4ccc5c(n4)NCCC5)C3)C(O)O)CC2(F)F)c1. The third kappa shape index (κ3) is 5.55. The number of aliphatic hydroxyl groups excluding tert-OH is 1. The van der Waals surface area contributed by atoms with Crippen LogP contribution in [-0.2, 0) is 27.8 Å². The molecule has 2 heterocycles. The predicted molar refractivity (Wildman–Crippen MR) is 139 cm³/mol. The Morgan fingerprint density at radius 3 is 2.76 bits per heavy atom. The normalized spacial score (nSPS) is 26.2. The predicted octanol–water partition coefficient (Wildman–Crippen LogP) is 3.64. The lowest BCUT2D eigenvalue weighted by molar-refractivity contribution is -0.133. The van der Waals surface area contributed by atoms with E-state index >= 15 is 0 Å². The van der Waals surface area contributed by atoms with Gasteiger partial charge in [0, 0.05) is 25.3 Å². The lowest BCUT2D eigenvalue weighted by atomic mass is 9.79. The van der Waals surface area contributed by atoms with Gasteiger partial charge < -0.3 is 25.6 Å². The molecule has 0 saturated heterocycles. The minimum absolute atomic E-state index is 0.0803. The molecule has 2 aromatic rings. The quantitative estimate of drug-likeness (QED) is 0.332. The van der Waals surface area contributed by atoms with Crippen LogP contribution in [0.5, 0.6) is 0 Å². The first-order chi connectivity index (χ1) is 18.2. The monoisotopic (exact) mass is 529 g/mol. The van der Waals surface area contributed by atoms with E-state index in [4.69, 9.17) is 9.72 Å². The molecule has 1 amide bonds. The number of hydrogen-bond acceptors (Lipinski definition) is 6. The third-order valence-electron chi connectivity index (χ3n) is 8.30. The number of aromatic nitrogens is 1. The van der Waals surface area contributed by atoms with Crippen LogP contribution in [0.3, 0.4) is 0 Å². The molecule has 1 aliphatic heterocycles. The Kier molecular flexibility index (Phi) is 7.71. The van der Waals surface area contributed by atoms with Crippen LogP contribution in [0.1, 0.15) is 60.9 Å². The highest BCUT2D eigenvalue weighted by atomic mass is 19.3. The van der Waals surface area contributed by atoms with Gasteiger partial charge in [0.2, 0.25) is 5.91 Å². The van der Waals surface area contributed by atoms with Gasteiger partial charge in [-0.2, -0.15) is 0 Å². The fourth-order valence-electron chi connectivity index (χ4n) is 5.75. The Morgan fingerprint density at radius 2 is 2.05 bits per heavy atom. The van der Waals surface area contributed by atoms with Gasteiger partial charge in [0.05, 0.1) is 12.1 Å². The first kappa shape index (κ1) is 27.0. The molecule has 0 spiro atoms. The molecular weight excluding hydrogens is 492 g/mol. The number of nitrogens with zero attached hydrogens (tertiary/aromatic N) is 1. The van der Waals surface area contributed by atoms with E-state index in [9.17, 15) is 23.8 Å². The number of hydrogen-bond donors (Lipinski definition) is 4. The summed E-state index contributed by atoms with van der Waals surface area (Å²) in [5, 5.41) is 25.5. The Morgan fingerprint density at radius 1 is 1.26 bits per heavy atom. The Balaban J connectivity index is 1.06. The van der Waals surface area contributed by atoms with Gasteiger partial charge >= 0.3 is 0 Å². The molecule has 2 atom stereocenters. The number of fused-ring (bicyclic) bond motifs is 1. The van der Waals surface area contributed by atoms with Crippen molar-refractivity contribution in [3.63, 3.8) is 0 Å². The molecule has 1 aromatic heterocycles. The minimum Gasteiger partial charge on any atom is -0.378 e. The zero-order valence-corrected chi connectivity index (χ0v) is 21.8. The smallest absolute Gasteiger partial charge is 0.268 e. The number of nitrogens with one attached hydrogen (secondary N) is 2. The number of anilines is 1. The van der Waals surface area contributed by atoms with E-state index in [1.165, 1.54) is 11.6 Å². The molecular formula is C29H37F2N3O4. The van der Waals surface area contributed by atoms with Crippen molar-refractivity contribution in [3.05, 3.63) is 58.8 Å². The summed E-state index contributed by atoms with van der Waals surface area (Å²) in [7, 11) is 0. The topological polar surface area (TPSA) is 104 Å². The van der Waals surface area contributed by atoms with Crippen LogP contribution in [0.2, 0.25) is 0 Å². The van der Waals surface area contributed by atoms with Crippen molar-refractivity contribution in [2.75, 3.05) is 18.5 Å². The molecule has 1 aromatic carbocycles. The maximum Gasteiger partial charge on any atom is 0.268 e. The summed E-state index contributed by atoms with van der Waals surface area (Å²) in [6.45, 7) is 2.95. The number of carbonyl (C=O) groups excluding carboxylic acids is 1. The summed E-state index contributed by atoms with van der Waals surface area (Å²) >= 11 is 0. The van der Waals surface area contributed by atoms with Crippen LogP contribution < -0.4 is 10.6 Å². The Labute approximate surface area is 222 Å². The highest BCUT2D eigenvalue weighted by Gasteiger charge is 2.76. The lowest BCUT2D eigenvalue weighted by Gasteiger charge is -2.35. The number of carbonyl (C=O) groups is 1. The van der Waals surface area contributed by atoms with Crippen molar-refractivity contribution in [1.82, 2.24) is 10.3 Å². The van der Waals surface area contributed by atoms with E-state index in [0.717, 1.165) is 62.1 Å². The number of alkyl halides is 2. The molecule has 2 fully saturated rings. The fraction of sp³-hybridized carbons (Fsp3) is 0.586. The van der Waals surface area contributed by atoms with Crippen LogP contribution in [-0.4, -0.2) is 58.6 Å². The molecule has 0 bridgehead atoms. The minimum atomic E-state index is -3.18. The third-order valence-corrected chi connectivity index (χ3v) is 8.30. The summed E-state index contributed by atoms with van der Waals surface area (Å²) in [5.74, 6) is -2.50. The van der Waals surface area contributed by atoms with Gasteiger partial charge in [-0.3, -0.25) is 4.79 Å². The molecule has 5 rings (SSSR count). The highest BCUT2D eigenvalue weighted by molar-refractivity contribution is 5.94. The van der Waals surface area contributed by atoms with Crippen molar-refractivity contribution < 1.29 is 28.5 Å². The second kappa shape index (κ2) is 10.9. The number of ether oxygens (including phenoxy) is 1. The van der Waals surface area contributed by atoms with Crippen LogP contribution in [0.25, 0.3) is 0 Å². The number of benzene rings is 1. The molecule has 2 aliphatic carbocycles. The second-order valence-corrected chi connectivity index (χ2v) is 11.1. The molecule has 206 valence electrons. The molecule has 3 aliphatic rings. The number of amides is 1.